The van der Waals surface area contributed by atoms with Gasteiger partial charge in [0.25, 0.3) is 0 Å². The van der Waals surface area contributed by atoms with Gasteiger partial charge in [-0.3, -0.25) is 4.79 Å². The summed E-state index contributed by atoms with van der Waals surface area (Å²) in [6.07, 6.45) is 30.8. The first-order valence-electron chi connectivity index (χ1n) is 16.4. The Balaban J connectivity index is 1.88. The summed E-state index contributed by atoms with van der Waals surface area (Å²) in [6.45, 7) is 4.45. The fourth-order valence-corrected chi connectivity index (χ4v) is 5.64. The van der Waals surface area contributed by atoms with Crippen molar-refractivity contribution in [1.82, 2.24) is 0 Å². The standard InChI is InChI=1S/C35H62O3/c1-4-22-32(25-21-26-35(37)33-27-29-34(36)30-28-33)24-20-18-16-14-12-10-8-6-5-7-9-11-13-15-17-19-23-31(2)38-3/h27-32,36H,4-26H2,1-3H3. The number of hydrogen-bond acceptors (Lipinski definition) is 3. The fraction of sp³-hybridized carbons (Fsp3) is 0.800. The lowest BCUT2D eigenvalue weighted by Crippen LogP contribution is -2.04. The van der Waals surface area contributed by atoms with E-state index in [9.17, 15) is 9.90 Å². The molecule has 1 rings (SSSR count). The van der Waals surface area contributed by atoms with Crippen molar-refractivity contribution < 1.29 is 14.6 Å². The molecule has 0 radical (unpaired) electrons. The zero-order valence-electron chi connectivity index (χ0n) is 25.5. The molecule has 0 amide bonds. The van der Waals surface area contributed by atoms with Gasteiger partial charge in [-0.1, -0.05) is 135 Å². The monoisotopic (exact) mass is 530 g/mol. The van der Waals surface area contributed by atoms with E-state index in [1.165, 1.54) is 135 Å². The molecule has 3 heteroatoms. The maximum Gasteiger partial charge on any atom is 0.162 e. The molecule has 0 aliphatic rings. The highest BCUT2D eigenvalue weighted by atomic mass is 16.5. The van der Waals surface area contributed by atoms with Crippen LogP contribution >= 0.6 is 0 Å². The third-order valence-corrected chi connectivity index (χ3v) is 8.28. The van der Waals surface area contributed by atoms with Gasteiger partial charge in [0.1, 0.15) is 5.75 Å². The lowest BCUT2D eigenvalue weighted by atomic mass is 9.90. The number of aromatic hydroxyl groups is 1. The van der Waals surface area contributed by atoms with Crippen LogP contribution < -0.4 is 0 Å². The van der Waals surface area contributed by atoms with Crippen LogP contribution in [0.3, 0.4) is 0 Å². The highest BCUT2D eigenvalue weighted by Gasteiger charge is 2.11. The first-order chi connectivity index (χ1) is 18.6. The van der Waals surface area contributed by atoms with E-state index in [0.717, 1.165) is 17.9 Å². The number of rotatable bonds is 27. The molecule has 0 spiro atoms. The van der Waals surface area contributed by atoms with E-state index in [4.69, 9.17) is 4.74 Å². The van der Waals surface area contributed by atoms with Gasteiger partial charge in [0.2, 0.25) is 0 Å². The van der Waals surface area contributed by atoms with E-state index >= 15 is 0 Å². The number of unbranched alkanes of at least 4 members (excludes halogenated alkanes) is 15. The molecular formula is C35H62O3. The minimum Gasteiger partial charge on any atom is -0.508 e. The predicted molar refractivity (Wildman–Crippen MR) is 164 cm³/mol. The van der Waals surface area contributed by atoms with Crippen molar-refractivity contribution in [3.8, 4) is 5.75 Å². The first kappa shape index (κ1) is 34.7. The Labute approximate surface area is 236 Å². The van der Waals surface area contributed by atoms with Gasteiger partial charge in [-0.15, -0.1) is 0 Å². The zero-order valence-corrected chi connectivity index (χ0v) is 25.5. The number of carbonyl (C=O) groups excluding carboxylic acids is 1. The Hall–Kier alpha value is -1.35. The van der Waals surface area contributed by atoms with Crippen LogP contribution in [-0.2, 0) is 4.74 Å². The number of carbonyl (C=O) groups is 1. The van der Waals surface area contributed by atoms with Crippen LogP contribution in [0.1, 0.15) is 172 Å². The van der Waals surface area contributed by atoms with Crippen molar-refractivity contribution in [2.45, 2.75) is 168 Å². The SMILES string of the molecule is CCCC(CCCCCCCCCCCCCCCCCCC(C)OC)CCCC(=O)c1ccc(O)cc1. The molecule has 0 aromatic heterocycles. The third kappa shape index (κ3) is 19.7. The van der Waals surface area contributed by atoms with Crippen LogP contribution in [0.2, 0.25) is 0 Å². The Morgan fingerprint density at radius 3 is 1.53 bits per heavy atom. The lowest BCUT2D eigenvalue weighted by molar-refractivity contribution is 0.0977. The summed E-state index contributed by atoms with van der Waals surface area (Å²) in [5.41, 5.74) is 0.722. The molecule has 1 N–H and O–H groups in total. The molecule has 0 aliphatic heterocycles. The smallest absolute Gasteiger partial charge is 0.162 e. The van der Waals surface area contributed by atoms with Crippen molar-refractivity contribution in [1.29, 1.82) is 0 Å². The van der Waals surface area contributed by atoms with Gasteiger partial charge < -0.3 is 9.84 Å². The largest absolute Gasteiger partial charge is 0.508 e. The van der Waals surface area contributed by atoms with Crippen molar-refractivity contribution in [2.24, 2.45) is 5.92 Å². The average Bonchev–Trinajstić information content (AvgIpc) is 2.92. The second-order valence-electron chi connectivity index (χ2n) is 11.8. The Morgan fingerprint density at radius 2 is 1.08 bits per heavy atom. The second kappa shape index (κ2) is 24.7. The molecule has 0 fully saturated rings. The molecule has 38 heavy (non-hydrogen) atoms. The van der Waals surface area contributed by atoms with Crippen molar-refractivity contribution in [3.63, 3.8) is 0 Å². The van der Waals surface area contributed by atoms with Gasteiger partial charge in [-0.05, 0) is 49.9 Å². The van der Waals surface area contributed by atoms with Crippen molar-refractivity contribution in [2.75, 3.05) is 7.11 Å². The summed E-state index contributed by atoms with van der Waals surface area (Å²) in [7, 11) is 1.81. The summed E-state index contributed by atoms with van der Waals surface area (Å²) in [4.78, 5) is 12.4. The van der Waals surface area contributed by atoms with E-state index in [2.05, 4.69) is 13.8 Å². The quantitative estimate of drug-likeness (QED) is 0.0908. The van der Waals surface area contributed by atoms with Gasteiger partial charge in [0, 0.05) is 19.1 Å². The van der Waals surface area contributed by atoms with E-state index < -0.39 is 0 Å². The fourth-order valence-electron chi connectivity index (χ4n) is 5.64. The number of benzene rings is 1. The summed E-state index contributed by atoms with van der Waals surface area (Å²) < 4.78 is 5.31. The molecule has 0 saturated heterocycles. The molecule has 0 bridgehead atoms. The highest BCUT2D eigenvalue weighted by Crippen LogP contribution is 2.23. The van der Waals surface area contributed by atoms with Crippen LogP contribution in [0, 0.1) is 5.92 Å². The highest BCUT2D eigenvalue weighted by molar-refractivity contribution is 5.96. The molecule has 0 saturated carbocycles. The van der Waals surface area contributed by atoms with Gasteiger partial charge in [0.15, 0.2) is 5.78 Å². The van der Waals surface area contributed by atoms with Crippen molar-refractivity contribution >= 4 is 5.78 Å². The zero-order chi connectivity index (χ0) is 27.7. The normalized spacial score (nSPS) is 13.0. The number of Topliss-reactive ketones (excluding diaryl/α,β-unsaturated/α-hetero) is 1. The summed E-state index contributed by atoms with van der Waals surface area (Å²) in [6, 6.07) is 6.67. The Kier molecular flexibility index (Phi) is 22.5. The number of ketones is 1. The van der Waals surface area contributed by atoms with Gasteiger partial charge in [-0.2, -0.15) is 0 Å². The summed E-state index contributed by atoms with van der Waals surface area (Å²) in [5.74, 6) is 1.20. The Bertz CT molecular complexity index is 654. The van der Waals surface area contributed by atoms with Crippen molar-refractivity contribution in [3.05, 3.63) is 29.8 Å². The molecule has 2 unspecified atom stereocenters. The second-order valence-corrected chi connectivity index (χ2v) is 11.8. The maximum absolute atomic E-state index is 12.4. The number of phenols is 1. The molecule has 220 valence electrons. The van der Waals surface area contributed by atoms with Crippen LogP contribution in [0.15, 0.2) is 24.3 Å². The molecule has 3 nitrogen and oxygen atoms in total. The van der Waals surface area contributed by atoms with E-state index in [1.54, 1.807) is 24.3 Å². The first-order valence-corrected chi connectivity index (χ1v) is 16.4. The van der Waals surface area contributed by atoms with Crippen LogP contribution in [-0.4, -0.2) is 24.1 Å². The molecule has 1 aromatic carbocycles. The molecule has 0 heterocycles. The van der Waals surface area contributed by atoms with Gasteiger partial charge >= 0.3 is 0 Å². The van der Waals surface area contributed by atoms with E-state index in [-0.39, 0.29) is 11.5 Å². The van der Waals surface area contributed by atoms with Gasteiger partial charge in [0.05, 0.1) is 6.10 Å². The number of phenolic OH excluding ortho intramolecular Hbond substituents is 1. The van der Waals surface area contributed by atoms with Gasteiger partial charge in [-0.25, -0.2) is 0 Å². The number of methoxy groups -OCH3 is 1. The number of hydrogen-bond donors (Lipinski definition) is 1. The molecule has 1 aromatic rings. The van der Waals surface area contributed by atoms with Crippen LogP contribution in [0.25, 0.3) is 0 Å². The van der Waals surface area contributed by atoms with Crippen LogP contribution in [0.4, 0.5) is 0 Å². The van der Waals surface area contributed by atoms with Crippen LogP contribution in [0.5, 0.6) is 5.75 Å². The lowest BCUT2D eigenvalue weighted by Gasteiger charge is -2.16. The Morgan fingerprint density at radius 1 is 0.658 bits per heavy atom. The van der Waals surface area contributed by atoms with E-state index in [1.807, 2.05) is 7.11 Å². The minimum absolute atomic E-state index is 0.204. The third-order valence-electron chi connectivity index (χ3n) is 8.28. The molecule has 2 atom stereocenters. The van der Waals surface area contributed by atoms with E-state index in [0.29, 0.717) is 12.5 Å². The number of ether oxygens (including phenoxy) is 1. The summed E-state index contributed by atoms with van der Waals surface area (Å²) >= 11 is 0. The average molecular weight is 531 g/mol. The molecule has 0 aliphatic carbocycles. The molecular weight excluding hydrogens is 468 g/mol. The summed E-state index contributed by atoms with van der Waals surface area (Å²) in [5, 5.41) is 9.39. The predicted octanol–water partition coefficient (Wildman–Crippen LogP) is 11.2. The maximum atomic E-state index is 12.4. The topological polar surface area (TPSA) is 46.5 Å². The minimum atomic E-state index is 0.204.